The van der Waals surface area contributed by atoms with Gasteiger partial charge in [-0.15, -0.1) is 0 Å². The lowest BCUT2D eigenvalue weighted by Gasteiger charge is -2.41. The molecule has 1 aliphatic rings. The van der Waals surface area contributed by atoms with Crippen LogP contribution in [0.2, 0.25) is 0 Å². The first-order valence-electron chi connectivity index (χ1n) is 8.63. The third kappa shape index (κ3) is 3.41. The van der Waals surface area contributed by atoms with E-state index in [4.69, 9.17) is 0 Å². The van der Waals surface area contributed by atoms with Crippen LogP contribution in [0.1, 0.15) is 50.2 Å². The van der Waals surface area contributed by atoms with Crippen LogP contribution in [0.5, 0.6) is 0 Å². The van der Waals surface area contributed by atoms with E-state index in [0.717, 1.165) is 12.5 Å². The van der Waals surface area contributed by atoms with Crippen LogP contribution in [0, 0.1) is 5.92 Å². The van der Waals surface area contributed by atoms with Crippen LogP contribution < -0.4 is 5.32 Å². The molecule has 1 N–H and O–H groups in total. The van der Waals surface area contributed by atoms with E-state index in [-0.39, 0.29) is 5.54 Å². The molecular weight excluding hydrogens is 266 g/mol. The summed E-state index contributed by atoms with van der Waals surface area (Å²) in [6.07, 6.45) is 6.83. The summed E-state index contributed by atoms with van der Waals surface area (Å²) in [6, 6.07) is 21.8. The number of rotatable bonds is 5. The van der Waals surface area contributed by atoms with Gasteiger partial charge in [-0.2, -0.15) is 0 Å². The molecular formula is C21H27N. The van der Waals surface area contributed by atoms with Crippen molar-refractivity contribution in [2.75, 3.05) is 0 Å². The molecule has 0 saturated heterocycles. The summed E-state index contributed by atoms with van der Waals surface area (Å²) in [5.74, 6) is 0.729. The lowest BCUT2D eigenvalue weighted by molar-refractivity contribution is 0.175. The summed E-state index contributed by atoms with van der Waals surface area (Å²) in [5, 5.41) is 3.90. The Balaban J connectivity index is 1.82. The van der Waals surface area contributed by atoms with Crippen LogP contribution in [-0.4, -0.2) is 0 Å². The van der Waals surface area contributed by atoms with Crippen molar-refractivity contribution in [2.45, 2.75) is 51.1 Å². The van der Waals surface area contributed by atoms with E-state index in [1.165, 1.54) is 43.2 Å². The molecule has 0 unspecified atom stereocenters. The zero-order valence-corrected chi connectivity index (χ0v) is 13.6. The van der Waals surface area contributed by atoms with Crippen molar-refractivity contribution >= 4 is 0 Å². The van der Waals surface area contributed by atoms with Gasteiger partial charge in [0, 0.05) is 12.1 Å². The maximum Gasteiger partial charge on any atom is 0.0437 e. The fourth-order valence-electron chi connectivity index (χ4n) is 3.83. The van der Waals surface area contributed by atoms with Gasteiger partial charge in [-0.05, 0) is 36.8 Å². The summed E-state index contributed by atoms with van der Waals surface area (Å²) >= 11 is 0. The van der Waals surface area contributed by atoms with Crippen LogP contribution >= 0.6 is 0 Å². The molecule has 116 valence electrons. The van der Waals surface area contributed by atoms with E-state index in [2.05, 4.69) is 72.9 Å². The average Bonchev–Trinajstić information content (AvgIpc) is 2.62. The highest BCUT2D eigenvalue weighted by atomic mass is 15.0. The Hall–Kier alpha value is -1.60. The monoisotopic (exact) mass is 293 g/mol. The Morgan fingerprint density at radius 3 is 2.09 bits per heavy atom. The summed E-state index contributed by atoms with van der Waals surface area (Å²) < 4.78 is 0. The van der Waals surface area contributed by atoms with Crippen molar-refractivity contribution in [3.63, 3.8) is 0 Å². The molecule has 0 spiro atoms. The van der Waals surface area contributed by atoms with Gasteiger partial charge in [0.2, 0.25) is 0 Å². The maximum atomic E-state index is 3.90. The molecule has 1 nitrogen and oxygen atoms in total. The highest BCUT2D eigenvalue weighted by molar-refractivity contribution is 5.26. The second-order valence-corrected chi connectivity index (χ2v) is 6.74. The van der Waals surface area contributed by atoms with Crippen LogP contribution in [0.3, 0.4) is 0 Å². The second kappa shape index (κ2) is 7.11. The van der Waals surface area contributed by atoms with Gasteiger partial charge in [-0.25, -0.2) is 0 Å². The van der Waals surface area contributed by atoms with Crippen LogP contribution in [0.25, 0.3) is 0 Å². The Morgan fingerprint density at radius 2 is 1.45 bits per heavy atom. The van der Waals surface area contributed by atoms with E-state index >= 15 is 0 Å². The topological polar surface area (TPSA) is 12.0 Å². The predicted octanol–water partition coefficient (Wildman–Crippen LogP) is 5.27. The molecule has 1 atom stereocenters. The fraction of sp³-hybridized carbons (Fsp3) is 0.429. The van der Waals surface area contributed by atoms with Crippen molar-refractivity contribution in [2.24, 2.45) is 5.92 Å². The SMILES string of the molecule is C[C@](NCc1ccccc1)(c1ccccc1)C1CCCCC1. The first-order valence-corrected chi connectivity index (χ1v) is 8.63. The van der Waals surface area contributed by atoms with Crippen molar-refractivity contribution in [1.82, 2.24) is 5.32 Å². The van der Waals surface area contributed by atoms with E-state index in [9.17, 15) is 0 Å². The second-order valence-electron chi connectivity index (χ2n) is 6.74. The molecule has 0 radical (unpaired) electrons. The van der Waals surface area contributed by atoms with Gasteiger partial charge in [0.05, 0.1) is 0 Å². The Bertz CT molecular complexity index is 557. The molecule has 2 aromatic rings. The van der Waals surface area contributed by atoms with Gasteiger partial charge in [0.1, 0.15) is 0 Å². The summed E-state index contributed by atoms with van der Waals surface area (Å²) in [5.41, 5.74) is 2.86. The van der Waals surface area contributed by atoms with E-state index in [1.807, 2.05) is 0 Å². The Morgan fingerprint density at radius 1 is 0.864 bits per heavy atom. The molecule has 1 aliphatic carbocycles. The molecule has 2 aromatic carbocycles. The molecule has 1 heteroatoms. The van der Waals surface area contributed by atoms with Gasteiger partial charge in [-0.3, -0.25) is 0 Å². The van der Waals surface area contributed by atoms with Gasteiger partial charge in [0.15, 0.2) is 0 Å². The van der Waals surface area contributed by atoms with Crippen LogP contribution in [-0.2, 0) is 12.1 Å². The highest BCUT2D eigenvalue weighted by Gasteiger charge is 2.35. The fourth-order valence-corrected chi connectivity index (χ4v) is 3.83. The summed E-state index contributed by atoms with van der Waals surface area (Å²) in [6.45, 7) is 3.34. The van der Waals surface area contributed by atoms with Crippen molar-refractivity contribution < 1.29 is 0 Å². The first-order chi connectivity index (χ1) is 10.8. The standard InChI is InChI=1S/C21H27N/c1-21(19-13-7-3-8-14-19,20-15-9-4-10-16-20)22-17-18-11-5-2-6-12-18/h2-3,5-8,11-14,20,22H,4,9-10,15-17H2,1H3/t21-/m0/s1. The van der Waals surface area contributed by atoms with Gasteiger partial charge >= 0.3 is 0 Å². The highest BCUT2D eigenvalue weighted by Crippen LogP contribution is 2.39. The lowest BCUT2D eigenvalue weighted by Crippen LogP contribution is -2.46. The van der Waals surface area contributed by atoms with Crippen LogP contribution in [0.15, 0.2) is 60.7 Å². The minimum Gasteiger partial charge on any atom is -0.303 e. The minimum absolute atomic E-state index is 0.0670. The Labute approximate surface area is 134 Å². The smallest absolute Gasteiger partial charge is 0.0437 e. The zero-order chi connectivity index (χ0) is 15.3. The summed E-state index contributed by atoms with van der Waals surface area (Å²) in [7, 11) is 0. The third-order valence-corrected chi connectivity index (χ3v) is 5.30. The van der Waals surface area contributed by atoms with Crippen molar-refractivity contribution in [1.29, 1.82) is 0 Å². The molecule has 0 bridgehead atoms. The average molecular weight is 293 g/mol. The normalized spacial score (nSPS) is 18.8. The van der Waals surface area contributed by atoms with Crippen molar-refractivity contribution in [3.05, 3.63) is 71.8 Å². The van der Waals surface area contributed by atoms with E-state index in [1.54, 1.807) is 0 Å². The van der Waals surface area contributed by atoms with E-state index < -0.39 is 0 Å². The molecule has 1 saturated carbocycles. The largest absolute Gasteiger partial charge is 0.303 e. The number of benzene rings is 2. The molecule has 0 aromatic heterocycles. The van der Waals surface area contributed by atoms with Crippen molar-refractivity contribution in [3.8, 4) is 0 Å². The van der Waals surface area contributed by atoms with Gasteiger partial charge in [-0.1, -0.05) is 79.9 Å². The molecule has 3 rings (SSSR count). The molecule has 1 fully saturated rings. The molecule has 0 heterocycles. The number of nitrogens with one attached hydrogen (secondary N) is 1. The number of hydrogen-bond donors (Lipinski definition) is 1. The van der Waals surface area contributed by atoms with Crippen LogP contribution in [0.4, 0.5) is 0 Å². The molecule has 0 aliphatic heterocycles. The van der Waals surface area contributed by atoms with E-state index in [0.29, 0.717) is 0 Å². The summed E-state index contributed by atoms with van der Waals surface area (Å²) in [4.78, 5) is 0. The predicted molar refractivity (Wildman–Crippen MR) is 93.7 cm³/mol. The quantitative estimate of drug-likeness (QED) is 0.791. The number of hydrogen-bond acceptors (Lipinski definition) is 1. The lowest BCUT2D eigenvalue weighted by atomic mass is 9.72. The van der Waals surface area contributed by atoms with Gasteiger partial charge < -0.3 is 5.32 Å². The third-order valence-electron chi connectivity index (χ3n) is 5.30. The first kappa shape index (κ1) is 15.3. The maximum absolute atomic E-state index is 3.90. The zero-order valence-electron chi connectivity index (χ0n) is 13.6. The molecule has 22 heavy (non-hydrogen) atoms. The van der Waals surface area contributed by atoms with Gasteiger partial charge in [0.25, 0.3) is 0 Å². The molecule has 0 amide bonds. The minimum atomic E-state index is 0.0670. The Kier molecular flexibility index (Phi) is 4.94.